The minimum Gasteiger partial charge on any atom is -0.488 e. The van der Waals surface area contributed by atoms with Crippen LogP contribution < -0.4 is 4.74 Å². The lowest BCUT2D eigenvalue weighted by Gasteiger charge is -2.26. The van der Waals surface area contributed by atoms with Gasteiger partial charge >= 0.3 is 12.1 Å². The summed E-state index contributed by atoms with van der Waals surface area (Å²) in [5.74, 6) is -0.414. The van der Waals surface area contributed by atoms with Crippen LogP contribution in [0.5, 0.6) is 5.75 Å². The first kappa shape index (κ1) is 20.0. The lowest BCUT2D eigenvalue weighted by atomic mass is 10.1. The molecule has 1 amide bonds. The molecule has 1 aromatic rings. The predicted molar refractivity (Wildman–Crippen MR) is 95.4 cm³/mol. The number of carbonyl (C=O) groups excluding carboxylic acids is 1. The number of carboxylic acids is 1. The number of likely N-dealkylation sites (tertiary alicyclic amines) is 1. The van der Waals surface area contributed by atoms with Crippen LogP contribution in [0.2, 0.25) is 0 Å². The van der Waals surface area contributed by atoms with Crippen LogP contribution in [-0.2, 0) is 20.7 Å². The molecule has 0 saturated carbocycles. The van der Waals surface area contributed by atoms with Gasteiger partial charge in [0.05, 0.1) is 13.2 Å². The van der Waals surface area contributed by atoms with Crippen molar-refractivity contribution in [1.29, 1.82) is 0 Å². The number of hydrogen-bond acceptors (Lipinski definition) is 5. The second-order valence-electron chi connectivity index (χ2n) is 7.35. The normalized spacial score (nSPS) is 20.1. The van der Waals surface area contributed by atoms with E-state index in [1.807, 2.05) is 24.3 Å². The van der Waals surface area contributed by atoms with Crippen molar-refractivity contribution in [1.82, 2.24) is 4.90 Å². The first-order chi connectivity index (χ1) is 12.2. The van der Waals surface area contributed by atoms with Crippen LogP contribution in [0.25, 0.3) is 0 Å². The number of hydrogen-bond donors (Lipinski definition) is 1. The number of carbonyl (C=O) groups is 2. The Morgan fingerprint density at radius 1 is 1.23 bits per heavy atom. The van der Waals surface area contributed by atoms with Gasteiger partial charge in [-0.15, -0.1) is 0 Å². The Kier molecular flexibility index (Phi) is 6.47. The van der Waals surface area contributed by atoms with Crippen molar-refractivity contribution in [3.05, 3.63) is 29.8 Å². The van der Waals surface area contributed by atoms with Crippen molar-refractivity contribution < 1.29 is 28.9 Å². The highest BCUT2D eigenvalue weighted by Crippen LogP contribution is 2.25. The molecule has 1 N–H and O–H groups in total. The van der Waals surface area contributed by atoms with Gasteiger partial charge in [-0.1, -0.05) is 12.1 Å². The molecule has 0 spiro atoms. The fraction of sp³-hybridized carbons (Fsp3) is 0.579. The molecule has 0 radical (unpaired) electrons. The zero-order valence-electron chi connectivity index (χ0n) is 15.7. The summed E-state index contributed by atoms with van der Waals surface area (Å²) in [6.07, 6.45) is 0.00706. The summed E-state index contributed by atoms with van der Waals surface area (Å²) >= 11 is 0. The van der Waals surface area contributed by atoms with Crippen LogP contribution in [0.4, 0.5) is 4.79 Å². The molecule has 0 aliphatic carbocycles. The van der Waals surface area contributed by atoms with E-state index >= 15 is 0 Å². The van der Waals surface area contributed by atoms with E-state index in [4.69, 9.17) is 14.2 Å². The standard InChI is InChI=1S/C19H27NO6/c1-19(2,3)26-18(23)20-12-15(11-16(20)17(21)22)25-14-7-5-13(6-8-14)9-10-24-4/h5-8,15-16H,9-12H2,1-4H3,(H,21,22)/t15-,16-/m1/s1. The van der Waals surface area contributed by atoms with Crippen LogP contribution in [0.15, 0.2) is 24.3 Å². The molecule has 2 atom stereocenters. The fourth-order valence-electron chi connectivity index (χ4n) is 2.79. The summed E-state index contributed by atoms with van der Waals surface area (Å²) in [6.45, 7) is 6.06. The Morgan fingerprint density at radius 3 is 2.42 bits per heavy atom. The van der Waals surface area contributed by atoms with Gasteiger partial charge in [-0.05, 0) is 44.9 Å². The van der Waals surface area contributed by atoms with Crippen molar-refractivity contribution in [3.8, 4) is 5.75 Å². The molecular weight excluding hydrogens is 338 g/mol. The average molecular weight is 365 g/mol. The molecule has 1 aliphatic rings. The molecule has 1 saturated heterocycles. The van der Waals surface area contributed by atoms with Crippen LogP contribution in [0.1, 0.15) is 32.8 Å². The zero-order valence-corrected chi connectivity index (χ0v) is 15.7. The van der Waals surface area contributed by atoms with Crippen molar-refractivity contribution in [3.63, 3.8) is 0 Å². The number of methoxy groups -OCH3 is 1. The van der Waals surface area contributed by atoms with E-state index < -0.39 is 29.8 Å². The van der Waals surface area contributed by atoms with Crippen LogP contribution in [0.3, 0.4) is 0 Å². The summed E-state index contributed by atoms with van der Waals surface area (Å²) in [4.78, 5) is 25.0. The largest absolute Gasteiger partial charge is 0.488 e. The quantitative estimate of drug-likeness (QED) is 0.834. The topological polar surface area (TPSA) is 85.3 Å². The van der Waals surface area contributed by atoms with E-state index in [-0.39, 0.29) is 13.0 Å². The second-order valence-corrected chi connectivity index (χ2v) is 7.35. The van der Waals surface area contributed by atoms with Crippen LogP contribution >= 0.6 is 0 Å². The Labute approximate surface area is 153 Å². The minimum absolute atomic E-state index is 0.178. The summed E-state index contributed by atoms with van der Waals surface area (Å²) in [6, 6.07) is 6.64. The van der Waals surface area contributed by atoms with E-state index in [0.717, 1.165) is 12.0 Å². The van der Waals surface area contributed by atoms with Crippen molar-refractivity contribution in [2.75, 3.05) is 20.3 Å². The van der Waals surface area contributed by atoms with Gasteiger partial charge in [0.25, 0.3) is 0 Å². The molecule has 2 rings (SSSR count). The fourth-order valence-corrected chi connectivity index (χ4v) is 2.79. The third kappa shape index (κ3) is 5.62. The molecule has 7 nitrogen and oxygen atoms in total. The first-order valence-electron chi connectivity index (χ1n) is 8.66. The van der Waals surface area contributed by atoms with Crippen molar-refractivity contribution in [2.24, 2.45) is 0 Å². The van der Waals surface area contributed by atoms with Crippen LogP contribution in [0, 0.1) is 0 Å². The van der Waals surface area contributed by atoms with Gasteiger partial charge in [0, 0.05) is 13.5 Å². The number of benzene rings is 1. The van der Waals surface area contributed by atoms with Gasteiger partial charge < -0.3 is 19.3 Å². The van der Waals surface area contributed by atoms with Crippen molar-refractivity contribution >= 4 is 12.1 Å². The second kappa shape index (κ2) is 8.40. The summed E-state index contributed by atoms with van der Waals surface area (Å²) < 4.78 is 16.2. The molecule has 1 heterocycles. The molecule has 0 aromatic heterocycles. The minimum atomic E-state index is -1.06. The molecular formula is C19H27NO6. The summed E-state index contributed by atoms with van der Waals surface area (Å²) in [7, 11) is 1.66. The Bertz CT molecular complexity index is 622. The van der Waals surface area contributed by atoms with Gasteiger partial charge in [-0.2, -0.15) is 0 Å². The molecule has 1 aliphatic heterocycles. The van der Waals surface area contributed by atoms with Gasteiger partial charge in [0.15, 0.2) is 0 Å². The van der Waals surface area contributed by atoms with E-state index in [2.05, 4.69) is 0 Å². The van der Waals surface area contributed by atoms with Gasteiger partial charge in [0.2, 0.25) is 0 Å². The third-order valence-corrected chi connectivity index (χ3v) is 4.00. The van der Waals surface area contributed by atoms with Crippen LogP contribution in [-0.4, -0.2) is 60.1 Å². The maximum atomic E-state index is 12.3. The number of rotatable bonds is 6. The zero-order chi connectivity index (χ0) is 19.3. The van der Waals surface area contributed by atoms with Gasteiger partial charge in [-0.3, -0.25) is 4.90 Å². The Hall–Kier alpha value is -2.28. The van der Waals surface area contributed by atoms with Gasteiger partial charge in [-0.25, -0.2) is 9.59 Å². The van der Waals surface area contributed by atoms with E-state index in [1.54, 1.807) is 27.9 Å². The highest BCUT2D eigenvalue weighted by atomic mass is 16.6. The lowest BCUT2D eigenvalue weighted by molar-refractivity contribution is -0.142. The summed E-state index contributed by atoms with van der Waals surface area (Å²) in [5.41, 5.74) is 0.446. The highest BCUT2D eigenvalue weighted by molar-refractivity contribution is 5.81. The molecule has 26 heavy (non-hydrogen) atoms. The Morgan fingerprint density at radius 2 is 1.88 bits per heavy atom. The SMILES string of the molecule is COCCc1ccc(O[C@@H]2C[C@H](C(=O)O)N(C(=O)OC(C)(C)C)C2)cc1. The number of ether oxygens (including phenoxy) is 3. The summed E-state index contributed by atoms with van der Waals surface area (Å²) in [5, 5.41) is 9.42. The van der Waals surface area contributed by atoms with E-state index in [9.17, 15) is 14.7 Å². The molecule has 0 unspecified atom stereocenters. The van der Waals surface area contributed by atoms with Crippen molar-refractivity contribution in [2.45, 2.75) is 51.4 Å². The monoisotopic (exact) mass is 365 g/mol. The molecule has 144 valence electrons. The molecule has 1 fully saturated rings. The molecule has 1 aromatic carbocycles. The molecule has 0 bridgehead atoms. The van der Waals surface area contributed by atoms with E-state index in [0.29, 0.717) is 12.4 Å². The van der Waals surface area contributed by atoms with Gasteiger partial charge in [0.1, 0.15) is 23.5 Å². The maximum Gasteiger partial charge on any atom is 0.411 e. The number of carboxylic acid groups (broad SMARTS) is 1. The maximum absolute atomic E-state index is 12.3. The predicted octanol–water partition coefficient (Wildman–Crippen LogP) is 2.72. The van der Waals surface area contributed by atoms with E-state index in [1.165, 1.54) is 4.90 Å². The number of aliphatic carboxylic acids is 1. The number of amides is 1. The highest BCUT2D eigenvalue weighted by Gasteiger charge is 2.42. The smallest absolute Gasteiger partial charge is 0.411 e. The first-order valence-corrected chi connectivity index (χ1v) is 8.66. The molecule has 7 heteroatoms. The Balaban J connectivity index is 2.00. The number of nitrogens with zero attached hydrogens (tertiary/aromatic N) is 1. The third-order valence-electron chi connectivity index (χ3n) is 4.00. The lowest BCUT2D eigenvalue weighted by Crippen LogP contribution is -2.43. The average Bonchev–Trinajstić information content (AvgIpc) is 2.97.